The maximum Gasteiger partial charge on any atom is 0.181 e. The molecule has 0 amide bonds. The number of allylic oxidation sites excluding steroid dienone is 1. The predicted octanol–water partition coefficient (Wildman–Crippen LogP) is 6.88. The molecule has 202 valence electrons. The van der Waals surface area contributed by atoms with Crippen LogP contribution in [-0.4, -0.2) is 25.2 Å². The minimum Gasteiger partial charge on any atom is -0.339 e. The van der Waals surface area contributed by atoms with E-state index < -0.39 is 15.6 Å². The van der Waals surface area contributed by atoms with Gasteiger partial charge < -0.3 is 9.47 Å². The second-order valence-corrected chi connectivity index (χ2v) is 13.4. The summed E-state index contributed by atoms with van der Waals surface area (Å²) in [6, 6.07) is 27.3. The Balaban J connectivity index is 1.21. The van der Waals surface area contributed by atoms with Gasteiger partial charge in [0.1, 0.15) is 12.2 Å². The molecule has 1 heterocycles. The van der Waals surface area contributed by atoms with Crippen molar-refractivity contribution < 1.29 is 22.7 Å². The number of ether oxygens (including phenoxy) is 2. The number of hydrogen-bond acceptors (Lipinski definition) is 5. The molecule has 3 aromatic rings. The zero-order valence-electron chi connectivity index (χ0n) is 21.9. The van der Waals surface area contributed by atoms with Crippen molar-refractivity contribution in [3.8, 4) is 0 Å². The maximum atomic E-state index is 13.0. The molecule has 0 bridgehead atoms. The molecule has 3 fully saturated rings. The van der Waals surface area contributed by atoms with Crippen LogP contribution in [0.4, 0.5) is 0 Å². The molecular weight excluding hydrogens is 508 g/mol. The van der Waals surface area contributed by atoms with Crippen molar-refractivity contribution in [2.45, 2.75) is 72.6 Å². The van der Waals surface area contributed by atoms with Crippen LogP contribution in [0.5, 0.6) is 0 Å². The summed E-state index contributed by atoms with van der Waals surface area (Å²) in [5, 5.41) is -0.255. The van der Waals surface area contributed by atoms with Crippen LogP contribution < -0.4 is 0 Å². The van der Waals surface area contributed by atoms with Gasteiger partial charge in [-0.25, -0.2) is 8.42 Å². The number of sulfone groups is 1. The molecule has 1 aliphatic heterocycles. The van der Waals surface area contributed by atoms with Crippen LogP contribution in [0.3, 0.4) is 0 Å². The van der Waals surface area contributed by atoms with Crippen molar-refractivity contribution in [2.75, 3.05) is 0 Å². The monoisotopic (exact) mass is 542 g/mol. The summed E-state index contributed by atoms with van der Waals surface area (Å²) in [6.45, 7) is 3.73. The van der Waals surface area contributed by atoms with Gasteiger partial charge in [0.15, 0.2) is 21.4 Å². The van der Waals surface area contributed by atoms with Crippen LogP contribution in [0.1, 0.15) is 73.3 Å². The van der Waals surface area contributed by atoms with E-state index in [4.69, 9.17) is 9.47 Å². The van der Waals surface area contributed by atoms with E-state index in [2.05, 4.69) is 30.8 Å². The zero-order chi connectivity index (χ0) is 27.0. The van der Waals surface area contributed by atoms with Crippen LogP contribution in [0, 0.1) is 5.92 Å². The fraction of sp³-hybridized carbons (Fsp3) is 0.364. The van der Waals surface area contributed by atoms with Gasteiger partial charge >= 0.3 is 0 Å². The van der Waals surface area contributed by atoms with E-state index in [1.807, 2.05) is 36.4 Å². The SMILES string of the molecule is C=CC(=O)C(CC1CCC2(C1)OC(c1ccccc1)C(c1ccccc1)O2)c1ccc(S(=O)(=O)C2CC2)cc1. The first kappa shape index (κ1) is 26.2. The van der Waals surface area contributed by atoms with Gasteiger partial charge in [0.05, 0.1) is 10.1 Å². The number of carbonyl (C=O) groups excluding carboxylic acids is 1. The molecule has 4 unspecified atom stereocenters. The van der Waals surface area contributed by atoms with Gasteiger partial charge in [-0.2, -0.15) is 0 Å². The zero-order valence-corrected chi connectivity index (χ0v) is 22.8. The van der Waals surface area contributed by atoms with Crippen molar-refractivity contribution >= 4 is 15.6 Å². The van der Waals surface area contributed by atoms with Crippen molar-refractivity contribution in [3.63, 3.8) is 0 Å². The van der Waals surface area contributed by atoms with Crippen molar-refractivity contribution in [1.29, 1.82) is 0 Å². The molecule has 6 heteroatoms. The van der Waals surface area contributed by atoms with Gasteiger partial charge in [0.25, 0.3) is 0 Å². The highest BCUT2D eigenvalue weighted by Crippen LogP contribution is 2.55. The molecular formula is C33H34O5S. The lowest BCUT2D eigenvalue weighted by Gasteiger charge is -2.24. The lowest BCUT2D eigenvalue weighted by atomic mass is 9.85. The molecule has 2 aliphatic carbocycles. The highest BCUT2D eigenvalue weighted by Gasteiger charge is 2.52. The van der Waals surface area contributed by atoms with Gasteiger partial charge in [-0.15, -0.1) is 0 Å². The highest BCUT2D eigenvalue weighted by molar-refractivity contribution is 7.92. The van der Waals surface area contributed by atoms with Gasteiger partial charge in [0.2, 0.25) is 0 Å². The van der Waals surface area contributed by atoms with Crippen molar-refractivity contribution in [3.05, 3.63) is 114 Å². The summed E-state index contributed by atoms with van der Waals surface area (Å²) < 4.78 is 38.8. The first-order valence-corrected chi connectivity index (χ1v) is 15.4. The average Bonchev–Trinajstić information content (AvgIpc) is 3.68. The lowest BCUT2D eigenvalue weighted by molar-refractivity contribution is -0.173. The Morgan fingerprint density at radius 3 is 1.95 bits per heavy atom. The molecule has 39 heavy (non-hydrogen) atoms. The number of ketones is 1. The summed E-state index contributed by atoms with van der Waals surface area (Å²) in [7, 11) is -3.27. The molecule has 5 nitrogen and oxygen atoms in total. The van der Waals surface area contributed by atoms with E-state index in [0.717, 1.165) is 42.4 Å². The van der Waals surface area contributed by atoms with Gasteiger partial charge in [-0.1, -0.05) is 79.4 Å². The Morgan fingerprint density at radius 1 is 0.872 bits per heavy atom. The third-order valence-electron chi connectivity index (χ3n) is 8.44. The first-order valence-electron chi connectivity index (χ1n) is 13.8. The summed E-state index contributed by atoms with van der Waals surface area (Å²) in [4.78, 5) is 13.3. The van der Waals surface area contributed by atoms with Crippen LogP contribution in [-0.2, 0) is 24.1 Å². The number of rotatable bonds is 9. The Morgan fingerprint density at radius 2 is 1.44 bits per heavy atom. The summed E-state index contributed by atoms with van der Waals surface area (Å²) in [5.41, 5.74) is 3.01. The van der Waals surface area contributed by atoms with E-state index in [1.165, 1.54) is 6.08 Å². The molecule has 3 aromatic carbocycles. The van der Waals surface area contributed by atoms with E-state index in [9.17, 15) is 13.2 Å². The highest BCUT2D eigenvalue weighted by atomic mass is 32.2. The van der Waals surface area contributed by atoms with Gasteiger partial charge in [-0.05, 0) is 66.5 Å². The molecule has 3 aliphatic rings. The molecule has 0 radical (unpaired) electrons. The molecule has 1 spiro atoms. The van der Waals surface area contributed by atoms with Crippen LogP contribution in [0.25, 0.3) is 0 Å². The quantitative estimate of drug-likeness (QED) is 0.276. The van der Waals surface area contributed by atoms with E-state index in [1.54, 1.807) is 24.3 Å². The van der Waals surface area contributed by atoms with Gasteiger partial charge in [-0.3, -0.25) is 4.79 Å². The van der Waals surface area contributed by atoms with Gasteiger partial charge in [0, 0.05) is 18.8 Å². The maximum absolute atomic E-state index is 13.0. The van der Waals surface area contributed by atoms with Crippen LogP contribution in [0.15, 0.2) is 102 Å². The predicted molar refractivity (Wildman–Crippen MR) is 150 cm³/mol. The number of hydrogen-bond donors (Lipinski definition) is 0. The first-order chi connectivity index (χ1) is 18.9. The Labute approximate surface area is 230 Å². The number of carbonyl (C=O) groups is 1. The fourth-order valence-corrected chi connectivity index (χ4v) is 7.88. The molecule has 1 saturated heterocycles. The smallest absolute Gasteiger partial charge is 0.181 e. The minimum absolute atomic E-state index is 0.0497. The van der Waals surface area contributed by atoms with E-state index in [0.29, 0.717) is 17.7 Å². The number of benzene rings is 3. The molecule has 6 rings (SSSR count). The molecule has 4 atom stereocenters. The second kappa shape index (κ2) is 10.5. The Hall–Kier alpha value is -3.06. The Bertz CT molecular complexity index is 1380. The van der Waals surface area contributed by atoms with Crippen LogP contribution in [0.2, 0.25) is 0 Å². The summed E-state index contributed by atoms with van der Waals surface area (Å²) >= 11 is 0. The summed E-state index contributed by atoms with van der Waals surface area (Å²) in [5.74, 6) is -0.905. The summed E-state index contributed by atoms with van der Waals surface area (Å²) in [6.07, 6.45) is 5.41. The topological polar surface area (TPSA) is 69.7 Å². The largest absolute Gasteiger partial charge is 0.339 e. The second-order valence-electron chi connectivity index (χ2n) is 11.1. The fourth-order valence-electron chi connectivity index (χ4n) is 6.22. The lowest BCUT2D eigenvalue weighted by Crippen LogP contribution is -2.27. The minimum atomic E-state index is -3.27. The molecule has 0 aromatic heterocycles. The third-order valence-corrected chi connectivity index (χ3v) is 10.7. The van der Waals surface area contributed by atoms with Crippen molar-refractivity contribution in [2.24, 2.45) is 5.92 Å². The van der Waals surface area contributed by atoms with E-state index >= 15 is 0 Å². The van der Waals surface area contributed by atoms with E-state index in [-0.39, 0.29) is 35.1 Å². The Kier molecular flexibility index (Phi) is 7.04. The standard InChI is InChI=1S/C33H34O5S/c1-2-30(34)29(24-13-15-27(16-14-24)39(35,36)28-17-18-28)21-23-19-20-33(22-23)37-31(25-9-5-3-6-10-25)32(38-33)26-11-7-4-8-12-26/h2-16,23,28-29,31-32H,1,17-22H2. The normalized spacial score (nSPS) is 27.4. The molecule has 0 N–H and O–H groups in total. The van der Waals surface area contributed by atoms with Crippen molar-refractivity contribution in [1.82, 2.24) is 0 Å². The molecule has 2 saturated carbocycles. The van der Waals surface area contributed by atoms with Crippen LogP contribution >= 0.6 is 0 Å². The third kappa shape index (κ3) is 5.25. The average molecular weight is 543 g/mol.